The number of sulfone groups is 1. The molecule has 0 aromatic carbocycles. The maximum atomic E-state index is 11.4. The Bertz CT molecular complexity index is 481. The molecule has 1 aliphatic rings. The first kappa shape index (κ1) is 11.5. The van der Waals surface area contributed by atoms with Crippen LogP contribution in [-0.2, 0) is 23.4 Å². The van der Waals surface area contributed by atoms with Gasteiger partial charge < -0.3 is 5.32 Å². The smallest absolute Gasteiger partial charge is 0.152 e. The fraction of sp³-hybridized carbons (Fsp3) is 0.778. The van der Waals surface area contributed by atoms with E-state index in [-0.39, 0.29) is 17.0 Å². The average molecular weight is 244 g/mol. The summed E-state index contributed by atoms with van der Waals surface area (Å²) in [6.07, 6.45) is 2.15. The van der Waals surface area contributed by atoms with E-state index >= 15 is 0 Å². The molecule has 0 amide bonds. The SMILES string of the molecule is Cn1ncnc1CNC1(C)CCS(=O)(=O)C1. The van der Waals surface area contributed by atoms with Crippen LogP contribution in [0.2, 0.25) is 0 Å². The third-order valence-corrected chi connectivity index (χ3v) is 4.88. The molecule has 0 bridgehead atoms. The molecule has 1 aromatic heterocycles. The van der Waals surface area contributed by atoms with Gasteiger partial charge in [0, 0.05) is 12.6 Å². The first-order valence-corrected chi connectivity index (χ1v) is 7.01. The summed E-state index contributed by atoms with van der Waals surface area (Å²) in [5, 5.41) is 7.21. The van der Waals surface area contributed by atoms with Crippen LogP contribution in [0.5, 0.6) is 0 Å². The van der Waals surface area contributed by atoms with Crippen molar-refractivity contribution in [2.24, 2.45) is 7.05 Å². The minimum absolute atomic E-state index is 0.206. The van der Waals surface area contributed by atoms with Crippen LogP contribution in [-0.4, -0.2) is 40.2 Å². The molecule has 0 saturated carbocycles. The molecule has 16 heavy (non-hydrogen) atoms. The Morgan fingerprint density at radius 1 is 1.62 bits per heavy atom. The van der Waals surface area contributed by atoms with Crippen LogP contribution in [0, 0.1) is 0 Å². The lowest BCUT2D eigenvalue weighted by Crippen LogP contribution is -2.43. The Morgan fingerprint density at radius 3 is 2.88 bits per heavy atom. The van der Waals surface area contributed by atoms with E-state index in [1.54, 1.807) is 4.68 Å². The Labute approximate surface area is 95.0 Å². The zero-order valence-corrected chi connectivity index (χ0v) is 10.3. The minimum atomic E-state index is -2.86. The average Bonchev–Trinajstić information content (AvgIpc) is 2.69. The van der Waals surface area contributed by atoms with Gasteiger partial charge in [-0.3, -0.25) is 4.68 Å². The van der Waals surface area contributed by atoms with Crippen molar-refractivity contribution >= 4 is 9.84 Å². The third kappa shape index (κ3) is 2.41. The zero-order valence-electron chi connectivity index (χ0n) is 9.47. The molecule has 2 rings (SSSR count). The highest BCUT2D eigenvalue weighted by Crippen LogP contribution is 2.22. The van der Waals surface area contributed by atoms with Crippen molar-refractivity contribution in [2.75, 3.05) is 11.5 Å². The van der Waals surface area contributed by atoms with Crippen molar-refractivity contribution in [3.8, 4) is 0 Å². The van der Waals surface area contributed by atoms with Crippen LogP contribution in [0.25, 0.3) is 0 Å². The highest BCUT2D eigenvalue weighted by atomic mass is 32.2. The number of hydrogen-bond acceptors (Lipinski definition) is 5. The fourth-order valence-corrected chi connectivity index (χ4v) is 4.05. The second-order valence-corrected chi connectivity index (χ2v) is 6.74. The largest absolute Gasteiger partial charge is 0.303 e. The topological polar surface area (TPSA) is 76.9 Å². The molecular weight excluding hydrogens is 228 g/mol. The van der Waals surface area contributed by atoms with Crippen molar-refractivity contribution in [1.82, 2.24) is 20.1 Å². The summed E-state index contributed by atoms with van der Waals surface area (Å²) in [6.45, 7) is 2.48. The summed E-state index contributed by atoms with van der Waals surface area (Å²) in [6, 6.07) is 0. The summed E-state index contributed by atoms with van der Waals surface area (Å²) < 4.78 is 24.5. The van der Waals surface area contributed by atoms with E-state index in [0.29, 0.717) is 13.0 Å². The van der Waals surface area contributed by atoms with E-state index in [2.05, 4.69) is 15.4 Å². The van der Waals surface area contributed by atoms with E-state index in [4.69, 9.17) is 0 Å². The number of hydrogen-bond donors (Lipinski definition) is 1. The number of aromatic nitrogens is 3. The first-order chi connectivity index (χ1) is 7.40. The highest BCUT2D eigenvalue weighted by molar-refractivity contribution is 7.91. The molecule has 1 N–H and O–H groups in total. The van der Waals surface area contributed by atoms with Crippen LogP contribution in [0.1, 0.15) is 19.2 Å². The van der Waals surface area contributed by atoms with Crippen molar-refractivity contribution in [3.63, 3.8) is 0 Å². The quantitative estimate of drug-likeness (QED) is 0.774. The van der Waals surface area contributed by atoms with Crippen molar-refractivity contribution in [2.45, 2.75) is 25.4 Å². The fourth-order valence-electron chi connectivity index (χ4n) is 1.92. The number of nitrogens with zero attached hydrogens (tertiary/aromatic N) is 3. The number of aryl methyl sites for hydroxylation is 1. The van der Waals surface area contributed by atoms with Crippen LogP contribution >= 0.6 is 0 Å². The molecule has 1 aliphatic heterocycles. The van der Waals surface area contributed by atoms with Gasteiger partial charge in [-0.2, -0.15) is 5.10 Å². The van der Waals surface area contributed by atoms with E-state index in [1.165, 1.54) is 6.33 Å². The third-order valence-electron chi connectivity index (χ3n) is 2.98. The predicted molar refractivity (Wildman–Crippen MR) is 59.5 cm³/mol. The lowest BCUT2D eigenvalue weighted by molar-refractivity contribution is 0.386. The standard InChI is InChI=1S/C9H16N4O2S/c1-9(3-4-16(14,15)6-9)11-5-8-10-7-12-13(8)2/h7,11H,3-6H2,1-2H3. The normalized spacial score (nSPS) is 28.4. The first-order valence-electron chi connectivity index (χ1n) is 5.19. The van der Waals surface area contributed by atoms with Crippen molar-refractivity contribution < 1.29 is 8.42 Å². The van der Waals surface area contributed by atoms with Crippen LogP contribution in [0.3, 0.4) is 0 Å². The van der Waals surface area contributed by atoms with Gasteiger partial charge in [0.15, 0.2) is 9.84 Å². The molecule has 1 atom stereocenters. The van der Waals surface area contributed by atoms with E-state index < -0.39 is 9.84 Å². The molecule has 0 radical (unpaired) electrons. The van der Waals surface area contributed by atoms with Gasteiger partial charge in [-0.05, 0) is 13.3 Å². The van der Waals surface area contributed by atoms with Gasteiger partial charge in [-0.1, -0.05) is 0 Å². The van der Waals surface area contributed by atoms with Gasteiger partial charge in [0.05, 0.1) is 18.1 Å². The van der Waals surface area contributed by atoms with E-state index in [1.807, 2.05) is 14.0 Å². The monoisotopic (exact) mass is 244 g/mol. The molecule has 0 spiro atoms. The maximum absolute atomic E-state index is 11.4. The summed E-state index contributed by atoms with van der Waals surface area (Å²) in [7, 11) is -1.04. The van der Waals surface area contributed by atoms with Crippen LogP contribution in [0.4, 0.5) is 0 Å². The molecule has 1 aromatic rings. The molecule has 1 unspecified atom stereocenters. The number of rotatable bonds is 3. The van der Waals surface area contributed by atoms with E-state index in [0.717, 1.165) is 5.82 Å². The van der Waals surface area contributed by atoms with Gasteiger partial charge in [-0.25, -0.2) is 13.4 Å². The summed E-state index contributed by atoms with van der Waals surface area (Å²) in [5.74, 6) is 1.29. The summed E-state index contributed by atoms with van der Waals surface area (Å²) >= 11 is 0. The predicted octanol–water partition coefficient (Wildman–Crippen LogP) is -0.518. The second kappa shape index (κ2) is 3.81. The van der Waals surface area contributed by atoms with Crippen LogP contribution in [0.15, 0.2) is 6.33 Å². The second-order valence-electron chi connectivity index (χ2n) is 4.56. The Kier molecular flexibility index (Phi) is 2.75. The van der Waals surface area contributed by atoms with Crippen molar-refractivity contribution in [1.29, 1.82) is 0 Å². The number of nitrogens with one attached hydrogen (secondary N) is 1. The molecule has 1 fully saturated rings. The summed E-state index contributed by atoms with van der Waals surface area (Å²) in [5.41, 5.74) is -0.329. The molecule has 7 heteroatoms. The Morgan fingerprint density at radius 2 is 2.38 bits per heavy atom. The maximum Gasteiger partial charge on any atom is 0.152 e. The Hall–Kier alpha value is -0.950. The highest BCUT2D eigenvalue weighted by Gasteiger charge is 2.37. The molecule has 2 heterocycles. The van der Waals surface area contributed by atoms with Gasteiger partial charge in [0.1, 0.15) is 12.2 Å². The molecule has 90 valence electrons. The molecular formula is C9H16N4O2S. The van der Waals surface area contributed by atoms with Crippen molar-refractivity contribution in [3.05, 3.63) is 12.2 Å². The molecule has 6 nitrogen and oxygen atoms in total. The Balaban J connectivity index is 1.99. The van der Waals surface area contributed by atoms with Gasteiger partial charge >= 0.3 is 0 Å². The van der Waals surface area contributed by atoms with Gasteiger partial charge in [0.2, 0.25) is 0 Å². The minimum Gasteiger partial charge on any atom is -0.303 e. The molecule has 0 aliphatic carbocycles. The van der Waals surface area contributed by atoms with Crippen LogP contribution < -0.4 is 5.32 Å². The zero-order chi connectivity index (χ0) is 11.8. The molecule has 1 saturated heterocycles. The lowest BCUT2D eigenvalue weighted by atomic mass is 10.0. The lowest BCUT2D eigenvalue weighted by Gasteiger charge is -2.23. The van der Waals surface area contributed by atoms with E-state index in [9.17, 15) is 8.42 Å². The van der Waals surface area contributed by atoms with Gasteiger partial charge in [-0.15, -0.1) is 0 Å². The summed E-state index contributed by atoms with van der Waals surface area (Å²) in [4.78, 5) is 4.08. The van der Waals surface area contributed by atoms with Gasteiger partial charge in [0.25, 0.3) is 0 Å².